The summed E-state index contributed by atoms with van der Waals surface area (Å²) in [6.45, 7) is 0.940. The quantitative estimate of drug-likeness (QED) is 0.488. The van der Waals surface area contributed by atoms with Crippen LogP contribution in [0.5, 0.6) is 0 Å². The fourth-order valence-electron chi connectivity index (χ4n) is 0. The van der Waals surface area contributed by atoms with E-state index in [0.717, 1.165) is 6.61 Å². The largest absolute Gasteiger partial charge is 0.390 e. The number of hydrogen-bond donors (Lipinski definition) is 1. The maximum absolute atomic E-state index is 7.65. The van der Waals surface area contributed by atoms with E-state index in [1.807, 2.05) is 0 Å². The predicted octanol–water partition coefficient (Wildman–Crippen LogP) is 0.718. The number of aliphatic hydroxyl groups is 1. The van der Waals surface area contributed by atoms with Gasteiger partial charge in [0, 0.05) is 5.75 Å². The van der Waals surface area contributed by atoms with Crippen LogP contribution in [0.25, 0.3) is 0 Å². The molecule has 2 radical (unpaired) electrons. The van der Waals surface area contributed by atoms with Gasteiger partial charge >= 0.3 is 0 Å². The van der Waals surface area contributed by atoms with Crippen molar-refractivity contribution in [3.05, 3.63) is 6.61 Å². The van der Waals surface area contributed by atoms with E-state index in [2.05, 4.69) is 12.6 Å². The summed E-state index contributed by atoms with van der Waals surface area (Å²) in [5, 5.41) is 7.65. The maximum atomic E-state index is 7.65. The average molecular weight is 76.1 g/mol. The average Bonchev–Trinajstić information content (AvgIpc) is 1.37. The Bertz CT molecular complexity index is 8.00. The Kier molecular flexibility index (Phi) is 3.57. The van der Waals surface area contributed by atoms with Crippen LogP contribution in [0.2, 0.25) is 0 Å². The monoisotopic (exact) mass is 76.0 g/mol. The smallest absolute Gasteiger partial charge is 0.0906 e. The lowest BCUT2D eigenvalue weighted by Crippen LogP contribution is -1.65. The summed E-state index contributed by atoms with van der Waals surface area (Å²) < 4.78 is 0. The lowest BCUT2D eigenvalue weighted by atomic mass is 10.9. The summed E-state index contributed by atoms with van der Waals surface area (Å²) in [6.07, 6.45) is 0. The second-order valence-corrected chi connectivity index (χ2v) is 0.683. The van der Waals surface area contributed by atoms with Crippen LogP contribution in [0, 0.1) is 6.61 Å². The van der Waals surface area contributed by atoms with Crippen LogP contribution < -0.4 is 0 Å². The van der Waals surface area contributed by atoms with Gasteiger partial charge in [-0.15, -0.1) is 0 Å². The SMILES string of the molecule is O[CH]C[S]. The van der Waals surface area contributed by atoms with Gasteiger partial charge in [-0.05, 0) is 0 Å². The number of hydrogen-bond acceptors (Lipinski definition) is 1. The molecule has 0 aliphatic rings. The van der Waals surface area contributed by atoms with Gasteiger partial charge in [-0.2, -0.15) is 0 Å². The van der Waals surface area contributed by atoms with E-state index in [4.69, 9.17) is 5.11 Å². The fraction of sp³-hybridized carbons (Fsp3) is 0.500. The number of rotatable bonds is 1. The fourth-order valence-corrected chi connectivity index (χ4v) is 0. The van der Waals surface area contributed by atoms with Gasteiger partial charge in [-0.1, -0.05) is 12.6 Å². The zero-order valence-corrected chi connectivity index (χ0v) is 2.96. The summed E-state index contributed by atoms with van der Waals surface area (Å²) in [5.74, 6) is 0.333. The molecular weight excluding hydrogens is 72.1 g/mol. The third kappa shape index (κ3) is 2.31. The Morgan fingerprint density at radius 1 is 2.00 bits per heavy atom. The minimum absolute atomic E-state index is 0.333. The molecule has 4 heavy (non-hydrogen) atoms. The van der Waals surface area contributed by atoms with Gasteiger partial charge in [0.2, 0.25) is 0 Å². The van der Waals surface area contributed by atoms with Crippen LogP contribution in [-0.2, 0) is 0 Å². The highest BCUT2D eigenvalue weighted by Gasteiger charge is 1.61. The highest BCUT2D eigenvalue weighted by Crippen LogP contribution is 1.68. The normalized spacial score (nSPS) is 7.50. The molecule has 0 saturated heterocycles. The van der Waals surface area contributed by atoms with Crippen molar-refractivity contribution < 1.29 is 5.11 Å². The first-order valence-electron chi connectivity index (χ1n) is 0.955. The van der Waals surface area contributed by atoms with Gasteiger partial charge < -0.3 is 5.11 Å². The molecule has 0 fully saturated rings. The van der Waals surface area contributed by atoms with Gasteiger partial charge in [0.05, 0.1) is 6.61 Å². The standard InChI is InChI=1S/C2H4OS/c3-1-2-4/h1,3H,2H2. The van der Waals surface area contributed by atoms with Gasteiger partial charge in [0.25, 0.3) is 0 Å². The third-order valence-electron chi connectivity index (χ3n) is 0.0745. The molecule has 0 bridgehead atoms. The van der Waals surface area contributed by atoms with Crippen molar-refractivity contribution in [1.29, 1.82) is 0 Å². The van der Waals surface area contributed by atoms with Crippen molar-refractivity contribution in [3.63, 3.8) is 0 Å². The lowest BCUT2D eigenvalue weighted by molar-refractivity contribution is 0.405. The minimum atomic E-state index is 0.333. The predicted molar refractivity (Wildman–Crippen MR) is 18.7 cm³/mol. The molecule has 0 saturated carbocycles. The van der Waals surface area contributed by atoms with Crippen molar-refractivity contribution >= 4 is 12.6 Å². The molecule has 2 heteroatoms. The van der Waals surface area contributed by atoms with Crippen molar-refractivity contribution in [3.8, 4) is 0 Å². The molecule has 0 atom stereocenters. The zero-order chi connectivity index (χ0) is 3.41. The molecule has 0 aromatic heterocycles. The highest BCUT2D eigenvalue weighted by atomic mass is 32.1. The van der Waals surface area contributed by atoms with E-state index in [9.17, 15) is 0 Å². The van der Waals surface area contributed by atoms with Gasteiger partial charge in [0.1, 0.15) is 0 Å². The molecular formula is C2H4OS. The van der Waals surface area contributed by atoms with E-state index in [0.29, 0.717) is 5.75 Å². The Morgan fingerprint density at radius 2 is 2.25 bits per heavy atom. The second-order valence-electron chi connectivity index (χ2n) is 0.349. The summed E-state index contributed by atoms with van der Waals surface area (Å²) in [6, 6.07) is 0. The zero-order valence-electron chi connectivity index (χ0n) is 2.14. The van der Waals surface area contributed by atoms with Crippen LogP contribution in [0.1, 0.15) is 0 Å². The Balaban J connectivity index is 1.97. The van der Waals surface area contributed by atoms with E-state index < -0.39 is 0 Å². The van der Waals surface area contributed by atoms with Gasteiger partial charge in [-0.25, -0.2) is 0 Å². The van der Waals surface area contributed by atoms with Crippen molar-refractivity contribution in [2.24, 2.45) is 0 Å². The molecule has 0 aliphatic heterocycles. The minimum Gasteiger partial charge on any atom is -0.390 e. The molecule has 0 rings (SSSR count). The molecule has 0 heterocycles. The van der Waals surface area contributed by atoms with Crippen LogP contribution >= 0.6 is 12.6 Å². The highest BCUT2D eigenvalue weighted by molar-refractivity contribution is 7.80. The van der Waals surface area contributed by atoms with Gasteiger partial charge in [-0.3, -0.25) is 0 Å². The van der Waals surface area contributed by atoms with Crippen LogP contribution in [0.4, 0.5) is 0 Å². The van der Waals surface area contributed by atoms with Crippen molar-refractivity contribution in [2.75, 3.05) is 5.75 Å². The molecule has 0 aliphatic carbocycles. The summed E-state index contributed by atoms with van der Waals surface area (Å²) in [4.78, 5) is 0. The molecule has 0 unspecified atom stereocenters. The first-order chi connectivity index (χ1) is 1.91. The van der Waals surface area contributed by atoms with E-state index in [1.54, 1.807) is 0 Å². The molecule has 0 aromatic rings. The number of aliphatic hydroxyl groups excluding tert-OH is 1. The summed E-state index contributed by atoms with van der Waals surface area (Å²) in [7, 11) is 0. The van der Waals surface area contributed by atoms with Crippen LogP contribution in [-0.4, -0.2) is 10.9 Å². The Morgan fingerprint density at radius 3 is 2.25 bits per heavy atom. The van der Waals surface area contributed by atoms with Crippen molar-refractivity contribution in [2.45, 2.75) is 0 Å². The van der Waals surface area contributed by atoms with Crippen LogP contribution in [0.3, 0.4) is 0 Å². The molecule has 0 aromatic carbocycles. The van der Waals surface area contributed by atoms with Crippen LogP contribution in [0.15, 0.2) is 0 Å². The molecule has 1 N–H and O–H groups in total. The summed E-state index contributed by atoms with van der Waals surface area (Å²) >= 11 is 4.25. The summed E-state index contributed by atoms with van der Waals surface area (Å²) in [5.41, 5.74) is 0. The Hall–Kier alpha value is 0.310. The topological polar surface area (TPSA) is 20.2 Å². The molecule has 0 spiro atoms. The van der Waals surface area contributed by atoms with E-state index >= 15 is 0 Å². The Labute approximate surface area is 31.1 Å². The molecule has 0 amide bonds. The molecule has 1 nitrogen and oxygen atoms in total. The first kappa shape index (κ1) is 4.31. The van der Waals surface area contributed by atoms with Crippen molar-refractivity contribution in [1.82, 2.24) is 0 Å². The molecule has 24 valence electrons. The van der Waals surface area contributed by atoms with E-state index in [1.165, 1.54) is 0 Å². The first-order valence-corrected chi connectivity index (χ1v) is 1.53. The second kappa shape index (κ2) is 3.31. The van der Waals surface area contributed by atoms with Gasteiger partial charge in [0.15, 0.2) is 0 Å². The van der Waals surface area contributed by atoms with E-state index in [-0.39, 0.29) is 0 Å². The third-order valence-corrected chi connectivity index (χ3v) is 0.224. The maximum Gasteiger partial charge on any atom is 0.0906 e. The lowest BCUT2D eigenvalue weighted by Gasteiger charge is -1.65.